The zero-order chi connectivity index (χ0) is 15.9. The monoisotopic (exact) mass is 334 g/mol. The van der Waals surface area contributed by atoms with Crippen LogP contribution in [0.2, 0.25) is 0 Å². The molecule has 1 heterocycles. The summed E-state index contributed by atoms with van der Waals surface area (Å²) in [5.74, 6) is 1.31. The SMILES string of the molecule is O=C(NC1CC(NCC2CCCCS2)C1)OCc1ccccc1. The molecule has 1 saturated carbocycles. The van der Waals surface area contributed by atoms with Crippen molar-refractivity contribution in [1.29, 1.82) is 0 Å². The van der Waals surface area contributed by atoms with E-state index in [0.29, 0.717) is 12.6 Å². The van der Waals surface area contributed by atoms with E-state index in [1.807, 2.05) is 30.3 Å². The topological polar surface area (TPSA) is 50.4 Å². The first-order valence-electron chi connectivity index (χ1n) is 8.62. The highest BCUT2D eigenvalue weighted by atomic mass is 32.2. The van der Waals surface area contributed by atoms with Crippen molar-refractivity contribution in [3.8, 4) is 0 Å². The lowest BCUT2D eigenvalue weighted by molar-refractivity contribution is 0.125. The van der Waals surface area contributed by atoms with E-state index in [2.05, 4.69) is 22.4 Å². The van der Waals surface area contributed by atoms with E-state index in [1.165, 1.54) is 25.0 Å². The third-order valence-electron chi connectivity index (χ3n) is 4.58. The van der Waals surface area contributed by atoms with Crippen molar-refractivity contribution in [2.24, 2.45) is 0 Å². The standard InChI is InChI=1S/C18H26N2O2S/c21-18(22-13-14-6-2-1-3-7-14)20-16-10-15(11-16)19-12-17-8-4-5-9-23-17/h1-3,6-7,15-17,19H,4-5,8-13H2,(H,20,21). The normalized spacial score (nSPS) is 27.0. The molecule has 0 aromatic heterocycles. The van der Waals surface area contributed by atoms with Crippen LogP contribution in [0.1, 0.15) is 37.7 Å². The largest absolute Gasteiger partial charge is 0.445 e. The molecular formula is C18H26N2O2S. The molecular weight excluding hydrogens is 308 g/mol. The summed E-state index contributed by atoms with van der Waals surface area (Å²) in [5, 5.41) is 7.37. The molecule has 1 aliphatic heterocycles. The minimum absolute atomic E-state index is 0.259. The predicted molar refractivity (Wildman–Crippen MR) is 94.7 cm³/mol. The Bertz CT molecular complexity index is 485. The lowest BCUT2D eigenvalue weighted by atomic mass is 9.87. The zero-order valence-electron chi connectivity index (χ0n) is 13.5. The fraction of sp³-hybridized carbons (Fsp3) is 0.611. The van der Waals surface area contributed by atoms with Gasteiger partial charge in [0, 0.05) is 23.9 Å². The quantitative estimate of drug-likeness (QED) is 0.838. The van der Waals surface area contributed by atoms with Crippen molar-refractivity contribution in [3.63, 3.8) is 0 Å². The fourth-order valence-electron chi connectivity index (χ4n) is 3.10. The summed E-state index contributed by atoms with van der Waals surface area (Å²) >= 11 is 2.10. The highest BCUT2D eigenvalue weighted by Crippen LogP contribution is 2.26. The van der Waals surface area contributed by atoms with Crippen LogP contribution >= 0.6 is 11.8 Å². The molecule has 1 amide bonds. The lowest BCUT2D eigenvalue weighted by Crippen LogP contribution is -2.53. The van der Waals surface area contributed by atoms with E-state index in [9.17, 15) is 4.79 Å². The number of amides is 1. The third kappa shape index (κ3) is 5.43. The van der Waals surface area contributed by atoms with Crippen molar-refractivity contribution in [3.05, 3.63) is 35.9 Å². The second kappa shape index (κ2) is 8.60. The molecule has 1 atom stereocenters. The Labute approximate surface area is 142 Å². The number of rotatable bonds is 6. The molecule has 2 aliphatic rings. The van der Waals surface area contributed by atoms with Crippen LogP contribution in [0.3, 0.4) is 0 Å². The molecule has 23 heavy (non-hydrogen) atoms. The van der Waals surface area contributed by atoms with Gasteiger partial charge < -0.3 is 15.4 Å². The molecule has 0 bridgehead atoms. The molecule has 1 unspecified atom stereocenters. The number of hydrogen-bond acceptors (Lipinski definition) is 4. The molecule has 2 N–H and O–H groups in total. The van der Waals surface area contributed by atoms with Gasteiger partial charge in [-0.1, -0.05) is 36.8 Å². The van der Waals surface area contributed by atoms with Crippen LogP contribution in [-0.4, -0.2) is 35.7 Å². The van der Waals surface area contributed by atoms with Gasteiger partial charge in [0.1, 0.15) is 6.61 Å². The molecule has 126 valence electrons. The molecule has 1 aromatic rings. The van der Waals surface area contributed by atoms with Crippen LogP contribution in [0, 0.1) is 0 Å². The molecule has 1 saturated heterocycles. The second-order valence-corrected chi connectivity index (χ2v) is 7.88. The molecule has 0 spiro atoms. The number of hydrogen-bond donors (Lipinski definition) is 2. The number of carbonyl (C=O) groups excluding carboxylic acids is 1. The van der Waals surface area contributed by atoms with Gasteiger partial charge in [-0.05, 0) is 37.0 Å². The van der Waals surface area contributed by atoms with E-state index in [0.717, 1.165) is 30.2 Å². The van der Waals surface area contributed by atoms with Crippen molar-refractivity contribution >= 4 is 17.9 Å². The highest BCUT2D eigenvalue weighted by Gasteiger charge is 2.30. The average Bonchev–Trinajstić information content (AvgIpc) is 2.57. The zero-order valence-corrected chi connectivity index (χ0v) is 14.3. The highest BCUT2D eigenvalue weighted by molar-refractivity contribution is 7.99. The van der Waals surface area contributed by atoms with Gasteiger partial charge in [0.05, 0.1) is 0 Å². The van der Waals surface area contributed by atoms with E-state index >= 15 is 0 Å². The number of nitrogens with one attached hydrogen (secondary N) is 2. The van der Waals surface area contributed by atoms with Crippen molar-refractivity contribution in [2.45, 2.75) is 56.0 Å². The smallest absolute Gasteiger partial charge is 0.407 e. The van der Waals surface area contributed by atoms with Crippen LogP contribution in [0.15, 0.2) is 30.3 Å². The molecule has 1 aliphatic carbocycles. The molecule has 0 radical (unpaired) electrons. The van der Waals surface area contributed by atoms with Crippen LogP contribution in [0.25, 0.3) is 0 Å². The Hall–Kier alpha value is -1.20. The number of carbonyl (C=O) groups is 1. The van der Waals surface area contributed by atoms with Gasteiger partial charge in [0.15, 0.2) is 0 Å². The number of benzene rings is 1. The van der Waals surface area contributed by atoms with E-state index in [1.54, 1.807) is 0 Å². The van der Waals surface area contributed by atoms with Crippen LogP contribution in [0.5, 0.6) is 0 Å². The summed E-state index contributed by atoms with van der Waals surface area (Å²) in [6.45, 7) is 1.44. The maximum Gasteiger partial charge on any atom is 0.407 e. The van der Waals surface area contributed by atoms with Gasteiger partial charge in [-0.2, -0.15) is 11.8 Å². The van der Waals surface area contributed by atoms with Gasteiger partial charge in [-0.25, -0.2) is 4.79 Å². The first kappa shape index (κ1) is 16.7. The first-order valence-corrected chi connectivity index (χ1v) is 9.66. The summed E-state index contributed by atoms with van der Waals surface area (Å²) in [6, 6.07) is 10.6. The summed E-state index contributed by atoms with van der Waals surface area (Å²) < 4.78 is 5.25. The van der Waals surface area contributed by atoms with E-state index in [4.69, 9.17) is 4.74 Å². The molecule has 3 rings (SSSR count). The molecule has 4 nitrogen and oxygen atoms in total. The van der Waals surface area contributed by atoms with Gasteiger partial charge in [-0.15, -0.1) is 0 Å². The Balaban J connectivity index is 1.25. The summed E-state index contributed by atoms with van der Waals surface area (Å²) in [4.78, 5) is 11.8. The van der Waals surface area contributed by atoms with Gasteiger partial charge >= 0.3 is 6.09 Å². The molecule has 1 aromatic carbocycles. The van der Waals surface area contributed by atoms with Crippen molar-refractivity contribution < 1.29 is 9.53 Å². The number of alkyl carbamates (subject to hydrolysis) is 1. The van der Waals surface area contributed by atoms with Gasteiger partial charge in [0.25, 0.3) is 0 Å². The Morgan fingerprint density at radius 2 is 2.00 bits per heavy atom. The summed E-state index contributed by atoms with van der Waals surface area (Å²) in [7, 11) is 0. The predicted octanol–water partition coefficient (Wildman–Crippen LogP) is 3.32. The Morgan fingerprint density at radius 1 is 1.17 bits per heavy atom. The number of ether oxygens (including phenoxy) is 1. The Morgan fingerprint density at radius 3 is 2.74 bits per heavy atom. The molecule has 2 fully saturated rings. The van der Waals surface area contributed by atoms with Crippen molar-refractivity contribution in [1.82, 2.24) is 10.6 Å². The maximum atomic E-state index is 11.8. The van der Waals surface area contributed by atoms with Crippen LogP contribution < -0.4 is 10.6 Å². The minimum Gasteiger partial charge on any atom is -0.445 e. The maximum absolute atomic E-state index is 11.8. The van der Waals surface area contributed by atoms with Crippen LogP contribution in [0.4, 0.5) is 4.79 Å². The summed E-state index contributed by atoms with van der Waals surface area (Å²) in [5.41, 5.74) is 1.01. The molecule has 5 heteroatoms. The van der Waals surface area contributed by atoms with Gasteiger partial charge in [0.2, 0.25) is 0 Å². The lowest BCUT2D eigenvalue weighted by Gasteiger charge is -2.37. The van der Waals surface area contributed by atoms with Crippen LogP contribution in [-0.2, 0) is 11.3 Å². The third-order valence-corrected chi connectivity index (χ3v) is 5.98. The number of thioether (sulfide) groups is 1. The minimum atomic E-state index is -0.305. The first-order chi connectivity index (χ1) is 11.3. The fourth-order valence-corrected chi connectivity index (χ4v) is 4.35. The van der Waals surface area contributed by atoms with Gasteiger partial charge in [-0.3, -0.25) is 0 Å². The average molecular weight is 334 g/mol. The van der Waals surface area contributed by atoms with E-state index in [-0.39, 0.29) is 12.1 Å². The summed E-state index contributed by atoms with van der Waals surface area (Å²) in [6.07, 6.45) is 5.82. The Kier molecular flexibility index (Phi) is 6.22. The van der Waals surface area contributed by atoms with Crippen molar-refractivity contribution in [2.75, 3.05) is 12.3 Å². The van der Waals surface area contributed by atoms with E-state index < -0.39 is 0 Å². The second-order valence-electron chi connectivity index (χ2n) is 6.47.